The van der Waals surface area contributed by atoms with Crippen molar-refractivity contribution in [3.05, 3.63) is 27.5 Å². The molecule has 0 aliphatic carbocycles. The van der Waals surface area contributed by atoms with Crippen LogP contribution in [0.25, 0.3) is 0 Å². The van der Waals surface area contributed by atoms with E-state index in [1.165, 1.54) is 17.3 Å². The van der Waals surface area contributed by atoms with Crippen LogP contribution in [0.15, 0.2) is 21.9 Å². The topological polar surface area (TPSA) is 85.7 Å². The summed E-state index contributed by atoms with van der Waals surface area (Å²) in [5.41, 5.74) is -0.323. The summed E-state index contributed by atoms with van der Waals surface area (Å²) in [7, 11) is 1.71. The Kier molecular flexibility index (Phi) is 2.50. The Balaban J connectivity index is 2.32. The van der Waals surface area contributed by atoms with Gasteiger partial charge in [-0.25, -0.2) is 4.98 Å². The van der Waals surface area contributed by atoms with Gasteiger partial charge in [0.1, 0.15) is 10.8 Å². The van der Waals surface area contributed by atoms with Gasteiger partial charge in [0.2, 0.25) is 5.88 Å². The Hall–Kier alpha value is -1.70. The Morgan fingerprint density at radius 2 is 2.33 bits per heavy atom. The van der Waals surface area contributed by atoms with Gasteiger partial charge in [0.25, 0.3) is 5.56 Å². The molecule has 0 unspecified atom stereocenters. The first-order chi connectivity index (χ1) is 7.16. The number of ether oxygens (including phenoxy) is 1. The Bertz CT molecular complexity index is 534. The van der Waals surface area contributed by atoms with Gasteiger partial charge >= 0.3 is 6.01 Å². The first-order valence-corrected chi connectivity index (χ1v) is 4.73. The molecule has 0 saturated carbocycles. The molecular weight excluding hydrogens is 266 g/mol. The number of aromatic amines is 1. The molecule has 0 aliphatic rings. The molecule has 0 spiro atoms. The maximum Gasteiger partial charge on any atom is 0.342 e. The lowest BCUT2D eigenvalue weighted by atomic mass is 10.6. The van der Waals surface area contributed by atoms with Crippen molar-refractivity contribution in [1.82, 2.24) is 24.7 Å². The average Bonchev–Trinajstić information content (AvgIpc) is 2.59. The molecule has 0 bridgehead atoms. The molecule has 0 fully saturated rings. The third-order valence-electron chi connectivity index (χ3n) is 1.53. The highest BCUT2D eigenvalue weighted by Gasteiger charge is 2.09. The molecule has 2 heterocycles. The van der Waals surface area contributed by atoms with E-state index in [4.69, 9.17) is 4.74 Å². The van der Waals surface area contributed by atoms with Crippen molar-refractivity contribution in [2.45, 2.75) is 0 Å². The van der Waals surface area contributed by atoms with E-state index in [2.05, 4.69) is 36.0 Å². The normalized spacial score (nSPS) is 10.3. The maximum absolute atomic E-state index is 11.2. The van der Waals surface area contributed by atoms with Crippen molar-refractivity contribution in [1.29, 1.82) is 0 Å². The Morgan fingerprint density at radius 1 is 1.53 bits per heavy atom. The second-order valence-corrected chi connectivity index (χ2v) is 3.45. The highest BCUT2D eigenvalue weighted by atomic mass is 79.9. The van der Waals surface area contributed by atoms with Gasteiger partial charge in [0.15, 0.2) is 0 Å². The fraction of sp³-hybridized carbons (Fsp3) is 0.143. The lowest BCUT2D eigenvalue weighted by Gasteiger charge is -1.99. The monoisotopic (exact) mass is 271 g/mol. The van der Waals surface area contributed by atoms with Gasteiger partial charge in [-0.05, 0) is 15.9 Å². The van der Waals surface area contributed by atoms with Crippen LogP contribution in [-0.2, 0) is 7.05 Å². The van der Waals surface area contributed by atoms with Gasteiger partial charge in [0, 0.05) is 7.05 Å². The zero-order chi connectivity index (χ0) is 10.8. The van der Waals surface area contributed by atoms with Crippen molar-refractivity contribution in [2.75, 3.05) is 0 Å². The summed E-state index contributed by atoms with van der Waals surface area (Å²) in [4.78, 5) is 21.2. The molecule has 2 aromatic rings. The molecule has 78 valence electrons. The first-order valence-electron chi connectivity index (χ1n) is 3.93. The molecule has 0 radical (unpaired) electrons. The minimum absolute atomic E-state index is 0.130. The molecule has 1 N–H and O–H groups in total. The third kappa shape index (κ3) is 2.04. The van der Waals surface area contributed by atoms with Crippen LogP contribution in [0, 0.1) is 0 Å². The molecule has 2 rings (SSSR count). The van der Waals surface area contributed by atoms with E-state index in [1.807, 2.05) is 0 Å². The van der Waals surface area contributed by atoms with Crippen LogP contribution < -0.4 is 10.3 Å². The fourth-order valence-electron chi connectivity index (χ4n) is 0.891. The van der Waals surface area contributed by atoms with Crippen LogP contribution in [0.4, 0.5) is 0 Å². The predicted octanol–water partition coefficient (Wildman–Crippen LogP) is 0.453. The van der Waals surface area contributed by atoms with Crippen molar-refractivity contribution in [2.24, 2.45) is 7.05 Å². The fourth-order valence-corrected chi connectivity index (χ4v) is 1.19. The quantitative estimate of drug-likeness (QED) is 0.857. The smallest absolute Gasteiger partial charge is 0.342 e. The maximum atomic E-state index is 11.2. The van der Waals surface area contributed by atoms with Crippen LogP contribution >= 0.6 is 15.9 Å². The lowest BCUT2D eigenvalue weighted by molar-refractivity contribution is 0.417. The number of hydrogen-bond acceptors (Lipinski definition) is 5. The molecule has 0 saturated heterocycles. The van der Waals surface area contributed by atoms with Gasteiger partial charge in [-0.15, -0.1) is 5.10 Å². The van der Waals surface area contributed by atoms with Crippen LogP contribution in [0.5, 0.6) is 11.9 Å². The zero-order valence-electron chi connectivity index (χ0n) is 7.64. The second-order valence-electron chi connectivity index (χ2n) is 2.65. The van der Waals surface area contributed by atoms with Crippen LogP contribution in [-0.4, -0.2) is 24.7 Å². The summed E-state index contributed by atoms with van der Waals surface area (Å²) in [6, 6.07) is 0.135. The molecule has 2 aromatic heterocycles. The second kappa shape index (κ2) is 3.81. The number of aryl methyl sites for hydroxylation is 1. The van der Waals surface area contributed by atoms with Crippen molar-refractivity contribution in [3.63, 3.8) is 0 Å². The SMILES string of the molecule is Cn1cnc(Oc2nc[nH]c(=O)c2Br)n1. The number of hydrogen-bond donors (Lipinski definition) is 1. The van der Waals surface area contributed by atoms with Crippen molar-refractivity contribution < 1.29 is 4.74 Å². The lowest BCUT2D eigenvalue weighted by Crippen LogP contribution is -2.08. The Labute approximate surface area is 92.3 Å². The highest BCUT2D eigenvalue weighted by Crippen LogP contribution is 2.20. The zero-order valence-corrected chi connectivity index (χ0v) is 9.22. The number of H-pyrrole nitrogens is 1. The van der Waals surface area contributed by atoms with E-state index >= 15 is 0 Å². The summed E-state index contributed by atoms with van der Waals surface area (Å²) < 4.78 is 6.88. The van der Waals surface area contributed by atoms with Gasteiger partial charge < -0.3 is 9.72 Å². The van der Waals surface area contributed by atoms with Crippen LogP contribution in [0.1, 0.15) is 0 Å². The van der Waals surface area contributed by atoms with Gasteiger partial charge in [-0.3, -0.25) is 9.48 Å². The molecule has 0 atom stereocenters. The molecule has 15 heavy (non-hydrogen) atoms. The standard InChI is InChI=1S/C7H6BrN5O2/c1-13-3-11-7(12-13)15-6-4(8)5(14)9-2-10-6/h2-3H,1H3,(H,9,10,14). The van der Waals surface area contributed by atoms with Crippen molar-refractivity contribution >= 4 is 15.9 Å². The van der Waals surface area contributed by atoms with E-state index in [0.717, 1.165) is 0 Å². The van der Waals surface area contributed by atoms with Crippen LogP contribution in [0.2, 0.25) is 0 Å². The van der Waals surface area contributed by atoms with E-state index in [9.17, 15) is 4.79 Å². The summed E-state index contributed by atoms with van der Waals surface area (Å²) in [6.07, 6.45) is 2.72. The number of aromatic nitrogens is 5. The molecule has 0 aromatic carbocycles. The summed E-state index contributed by atoms with van der Waals surface area (Å²) in [6.45, 7) is 0. The molecule has 7 nitrogen and oxygen atoms in total. The minimum atomic E-state index is -0.323. The molecular formula is C7H6BrN5O2. The first kappa shape index (κ1) is 9.84. The summed E-state index contributed by atoms with van der Waals surface area (Å²) >= 11 is 3.05. The Morgan fingerprint density at radius 3 is 3.00 bits per heavy atom. The number of nitrogens with one attached hydrogen (secondary N) is 1. The largest absolute Gasteiger partial charge is 0.403 e. The number of halogens is 1. The third-order valence-corrected chi connectivity index (χ3v) is 2.23. The molecule has 0 amide bonds. The van der Waals surface area contributed by atoms with Crippen LogP contribution in [0.3, 0.4) is 0 Å². The van der Waals surface area contributed by atoms with E-state index in [0.29, 0.717) is 0 Å². The van der Waals surface area contributed by atoms with Crippen molar-refractivity contribution in [3.8, 4) is 11.9 Å². The number of rotatable bonds is 2. The highest BCUT2D eigenvalue weighted by molar-refractivity contribution is 9.10. The summed E-state index contributed by atoms with van der Waals surface area (Å²) in [5.74, 6) is 0.130. The van der Waals surface area contributed by atoms with Gasteiger partial charge in [-0.1, -0.05) is 0 Å². The van der Waals surface area contributed by atoms with Gasteiger partial charge in [0.05, 0.1) is 6.33 Å². The average molecular weight is 272 g/mol. The van der Waals surface area contributed by atoms with Gasteiger partial charge in [-0.2, -0.15) is 4.98 Å². The van der Waals surface area contributed by atoms with E-state index < -0.39 is 0 Å². The van der Waals surface area contributed by atoms with E-state index in [-0.39, 0.29) is 21.9 Å². The molecule has 0 aliphatic heterocycles. The number of nitrogens with zero attached hydrogens (tertiary/aromatic N) is 4. The minimum Gasteiger partial charge on any atom is -0.403 e. The predicted molar refractivity (Wildman–Crippen MR) is 53.6 cm³/mol. The van der Waals surface area contributed by atoms with E-state index in [1.54, 1.807) is 7.05 Å². The molecule has 8 heteroatoms. The summed E-state index contributed by atoms with van der Waals surface area (Å²) in [5, 5.41) is 3.89.